The van der Waals surface area contributed by atoms with E-state index < -0.39 is 8.32 Å². The van der Waals surface area contributed by atoms with E-state index in [1.54, 1.807) is 0 Å². The molecule has 4 heteroatoms. The first-order valence-corrected chi connectivity index (χ1v) is 11.2. The average Bonchev–Trinajstić information content (AvgIpc) is 2.41. The molecule has 0 saturated heterocycles. The fraction of sp³-hybridized carbons (Fsp3) is 0.588. The van der Waals surface area contributed by atoms with E-state index in [9.17, 15) is 0 Å². The molecule has 1 heterocycles. The molecule has 1 rings (SSSR count). The van der Waals surface area contributed by atoms with Crippen molar-refractivity contribution in [3.05, 3.63) is 42.7 Å². The van der Waals surface area contributed by atoms with Gasteiger partial charge in [0.25, 0.3) is 0 Å². The van der Waals surface area contributed by atoms with Crippen LogP contribution in [0.3, 0.4) is 0 Å². The van der Waals surface area contributed by atoms with Gasteiger partial charge in [0, 0.05) is 18.8 Å². The molecular formula is C17H30N2OSi. The topological polar surface area (TPSA) is 34.1 Å². The van der Waals surface area contributed by atoms with Crippen molar-refractivity contribution in [2.45, 2.75) is 52.0 Å². The zero-order valence-corrected chi connectivity index (χ0v) is 15.1. The first-order chi connectivity index (χ1) is 9.83. The summed E-state index contributed by atoms with van der Waals surface area (Å²) >= 11 is 0. The van der Waals surface area contributed by atoms with Crippen LogP contribution in [0, 0.1) is 5.92 Å². The maximum absolute atomic E-state index is 6.10. The molecule has 118 valence electrons. The molecular weight excluding hydrogens is 276 g/mol. The number of aromatic nitrogens is 1. The maximum atomic E-state index is 6.10. The van der Waals surface area contributed by atoms with E-state index in [2.05, 4.69) is 56.4 Å². The quantitative estimate of drug-likeness (QED) is 0.549. The van der Waals surface area contributed by atoms with Crippen molar-refractivity contribution >= 4 is 8.32 Å². The molecule has 1 aromatic heterocycles. The molecule has 0 amide bonds. The Morgan fingerprint density at radius 1 is 1.33 bits per heavy atom. The fourth-order valence-electron chi connectivity index (χ4n) is 2.05. The van der Waals surface area contributed by atoms with Crippen molar-refractivity contribution in [1.82, 2.24) is 10.3 Å². The second-order valence-corrected chi connectivity index (χ2v) is 11.3. The third kappa shape index (κ3) is 7.02. The van der Waals surface area contributed by atoms with Crippen molar-refractivity contribution in [2.24, 2.45) is 5.92 Å². The Bertz CT molecular complexity index is 415. The Kier molecular flexibility index (Phi) is 7.29. The lowest BCUT2D eigenvalue weighted by atomic mass is 10.0. The van der Waals surface area contributed by atoms with E-state index >= 15 is 0 Å². The highest BCUT2D eigenvalue weighted by Crippen LogP contribution is 2.18. The van der Waals surface area contributed by atoms with Crippen molar-refractivity contribution in [3.8, 4) is 0 Å². The van der Waals surface area contributed by atoms with E-state index in [-0.39, 0.29) is 6.04 Å². The highest BCUT2D eigenvalue weighted by molar-refractivity contribution is 6.69. The van der Waals surface area contributed by atoms with Gasteiger partial charge in [0.1, 0.15) is 0 Å². The maximum Gasteiger partial charge on any atom is 0.183 e. The number of nitrogens with zero attached hydrogens (tertiary/aromatic N) is 1. The van der Waals surface area contributed by atoms with E-state index in [1.807, 2.05) is 24.4 Å². The van der Waals surface area contributed by atoms with Gasteiger partial charge in [-0.15, -0.1) is 6.58 Å². The van der Waals surface area contributed by atoms with Crippen molar-refractivity contribution in [3.63, 3.8) is 0 Å². The predicted octanol–water partition coefficient (Wildman–Crippen LogP) is 4.16. The van der Waals surface area contributed by atoms with Crippen LogP contribution in [-0.2, 0) is 4.43 Å². The molecule has 0 saturated carbocycles. The number of nitrogens with one attached hydrogen (secondary N) is 1. The minimum Gasteiger partial charge on any atom is -0.416 e. The van der Waals surface area contributed by atoms with Crippen LogP contribution in [0.15, 0.2) is 37.1 Å². The minimum atomic E-state index is -1.49. The molecule has 0 aliphatic heterocycles. The van der Waals surface area contributed by atoms with E-state index in [0.717, 1.165) is 18.7 Å². The summed E-state index contributed by atoms with van der Waals surface area (Å²) in [4.78, 5) is 4.48. The Balaban J connectivity index is 2.75. The van der Waals surface area contributed by atoms with Crippen molar-refractivity contribution < 1.29 is 4.43 Å². The van der Waals surface area contributed by atoms with E-state index in [1.165, 1.54) is 0 Å². The molecule has 21 heavy (non-hydrogen) atoms. The summed E-state index contributed by atoms with van der Waals surface area (Å²) in [6, 6.07) is 6.56. The van der Waals surface area contributed by atoms with Crippen LogP contribution in [0.5, 0.6) is 0 Å². The van der Waals surface area contributed by atoms with Gasteiger partial charge in [-0.1, -0.05) is 26.0 Å². The van der Waals surface area contributed by atoms with Crippen LogP contribution in [-0.4, -0.2) is 26.0 Å². The summed E-state index contributed by atoms with van der Waals surface area (Å²) in [5.74, 6) is 0.511. The second-order valence-electron chi connectivity index (χ2n) is 6.77. The van der Waals surface area contributed by atoms with Crippen LogP contribution >= 0.6 is 0 Å². The van der Waals surface area contributed by atoms with Crippen LogP contribution in [0.2, 0.25) is 19.6 Å². The molecule has 0 aliphatic carbocycles. The zero-order valence-electron chi connectivity index (χ0n) is 14.1. The van der Waals surface area contributed by atoms with Gasteiger partial charge in [-0.05, 0) is 44.1 Å². The lowest BCUT2D eigenvalue weighted by molar-refractivity contribution is 0.211. The normalized spacial score (nSPS) is 15.0. The van der Waals surface area contributed by atoms with Gasteiger partial charge in [0.05, 0.1) is 11.7 Å². The fourth-order valence-corrected chi connectivity index (χ4v) is 2.73. The number of hydrogen-bond donors (Lipinski definition) is 1. The SMILES string of the molecule is C=CC[C@H](N[C@H](CO[Si](C)(C)C)C(C)C)c1ccccn1. The van der Waals surface area contributed by atoms with E-state index in [0.29, 0.717) is 12.0 Å². The molecule has 0 unspecified atom stereocenters. The lowest BCUT2D eigenvalue weighted by Crippen LogP contribution is -2.43. The molecule has 3 nitrogen and oxygen atoms in total. The number of pyridine rings is 1. The summed E-state index contributed by atoms with van der Waals surface area (Å²) in [5.41, 5.74) is 1.07. The zero-order chi connectivity index (χ0) is 15.9. The molecule has 0 bridgehead atoms. The molecule has 0 aliphatic rings. The molecule has 0 aromatic carbocycles. The predicted molar refractivity (Wildman–Crippen MR) is 92.9 cm³/mol. The van der Waals surface area contributed by atoms with Gasteiger partial charge in [0.2, 0.25) is 0 Å². The highest BCUT2D eigenvalue weighted by atomic mass is 28.4. The van der Waals surface area contributed by atoms with Crippen LogP contribution in [0.25, 0.3) is 0 Å². The van der Waals surface area contributed by atoms with Gasteiger partial charge in [0.15, 0.2) is 8.32 Å². The summed E-state index contributed by atoms with van der Waals surface area (Å²) < 4.78 is 6.10. The Labute approximate surface area is 131 Å². The Morgan fingerprint density at radius 3 is 2.52 bits per heavy atom. The average molecular weight is 307 g/mol. The molecule has 0 spiro atoms. The van der Waals surface area contributed by atoms with Crippen LogP contribution in [0.4, 0.5) is 0 Å². The van der Waals surface area contributed by atoms with Gasteiger partial charge in [-0.25, -0.2) is 0 Å². The standard InChI is InChI=1S/C17H30N2OSi/c1-7-10-16(15-11-8-9-12-18-15)19-17(14(2)3)13-20-21(4,5)6/h7-9,11-12,14,16-17,19H,1,10,13H2,2-6H3/t16-,17+/m0/s1. The largest absolute Gasteiger partial charge is 0.416 e. The monoisotopic (exact) mass is 306 g/mol. The molecule has 0 fully saturated rings. The van der Waals surface area contributed by atoms with Crippen molar-refractivity contribution in [1.29, 1.82) is 0 Å². The summed E-state index contributed by atoms with van der Waals surface area (Å²) in [7, 11) is -1.49. The van der Waals surface area contributed by atoms with Gasteiger partial charge < -0.3 is 9.74 Å². The first kappa shape index (κ1) is 18.1. The van der Waals surface area contributed by atoms with E-state index in [4.69, 9.17) is 4.43 Å². The Hall–Kier alpha value is -0.973. The number of rotatable bonds is 9. The smallest absolute Gasteiger partial charge is 0.183 e. The third-order valence-electron chi connectivity index (χ3n) is 3.36. The van der Waals surface area contributed by atoms with Crippen molar-refractivity contribution in [2.75, 3.05) is 6.61 Å². The summed E-state index contributed by atoms with van der Waals surface area (Å²) in [6.07, 6.45) is 4.66. The number of hydrogen-bond acceptors (Lipinski definition) is 3. The molecule has 2 atom stereocenters. The van der Waals surface area contributed by atoms with Crippen LogP contribution < -0.4 is 5.32 Å². The molecule has 1 aromatic rings. The summed E-state index contributed by atoms with van der Waals surface area (Å²) in [6.45, 7) is 15.8. The van der Waals surface area contributed by atoms with Crippen LogP contribution in [0.1, 0.15) is 32.0 Å². The molecule has 0 radical (unpaired) electrons. The first-order valence-electron chi connectivity index (χ1n) is 7.75. The minimum absolute atomic E-state index is 0.196. The van der Waals surface area contributed by atoms with Gasteiger partial charge >= 0.3 is 0 Å². The highest BCUT2D eigenvalue weighted by Gasteiger charge is 2.23. The van der Waals surface area contributed by atoms with Gasteiger partial charge in [-0.3, -0.25) is 4.98 Å². The Morgan fingerprint density at radius 2 is 2.05 bits per heavy atom. The summed E-state index contributed by atoms with van der Waals surface area (Å²) in [5, 5.41) is 3.71. The third-order valence-corrected chi connectivity index (χ3v) is 4.40. The molecule has 1 N–H and O–H groups in total. The lowest BCUT2D eigenvalue weighted by Gasteiger charge is -2.30. The second kappa shape index (κ2) is 8.46. The van der Waals surface area contributed by atoms with Gasteiger partial charge in [-0.2, -0.15) is 0 Å².